The minimum atomic E-state index is -0.524. The largest absolute Gasteiger partial charge is 0.452 e. The van der Waals surface area contributed by atoms with Gasteiger partial charge in [0.05, 0.1) is 11.6 Å². The zero-order chi connectivity index (χ0) is 17.5. The predicted octanol–water partition coefficient (Wildman–Crippen LogP) is 3.36. The van der Waals surface area contributed by atoms with Crippen LogP contribution in [-0.2, 0) is 16.1 Å². The number of carbonyl (C=O) groups excluding carboxylic acids is 1. The number of esters is 1. The Morgan fingerprint density at radius 3 is 2.64 bits per heavy atom. The van der Waals surface area contributed by atoms with E-state index in [4.69, 9.17) is 14.5 Å². The van der Waals surface area contributed by atoms with Gasteiger partial charge < -0.3 is 9.26 Å². The number of benzene rings is 2. The molecule has 1 heterocycles. The highest BCUT2D eigenvalue weighted by Crippen LogP contribution is 2.15. The van der Waals surface area contributed by atoms with Gasteiger partial charge in [0.2, 0.25) is 5.82 Å². The van der Waals surface area contributed by atoms with Crippen LogP contribution in [0.3, 0.4) is 0 Å². The van der Waals surface area contributed by atoms with Gasteiger partial charge in [-0.3, -0.25) is 0 Å². The van der Waals surface area contributed by atoms with Gasteiger partial charge >= 0.3 is 5.97 Å². The average Bonchev–Trinajstić information content (AvgIpc) is 3.15. The van der Waals surface area contributed by atoms with Gasteiger partial charge in [-0.15, -0.1) is 0 Å². The number of aromatic nitrogens is 2. The summed E-state index contributed by atoms with van der Waals surface area (Å²) in [5, 5.41) is 12.6. The Balaban J connectivity index is 1.54. The van der Waals surface area contributed by atoms with E-state index in [1.54, 1.807) is 30.3 Å². The number of rotatable bonds is 5. The summed E-state index contributed by atoms with van der Waals surface area (Å²) in [7, 11) is 0. The molecule has 0 aliphatic rings. The predicted molar refractivity (Wildman–Crippen MR) is 89.7 cm³/mol. The van der Waals surface area contributed by atoms with Crippen LogP contribution in [-0.4, -0.2) is 16.1 Å². The molecule has 0 radical (unpaired) electrons. The first-order valence-electron chi connectivity index (χ1n) is 7.47. The van der Waals surface area contributed by atoms with Crippen LogP contribution < -0.4 is 0 Å². The molecule has 6 nitrogen and oxygen atoms in total. The molecule has 0 unspecified atom stereocenters. The third kappa shape index (κ3) is 4.39. The van der Waals surface area contributed by atoms with E-state index >= 15 is 0 Å². The minimum absolute atomic E-state index is 0.101. The first-order valence-corrected chi connectivity index (χ1v) is 7.47. The van der Waals surface area contributed by atoms with Crippen molar-refractivity contribution in [1.82, 2.24) is 10.1 Å². The molecule has 0 bridgehead atoms. The Labute approximate surface area is 144 Å². The molecule has 0 N–H and O–H groups in total. The van der Waals surface area contributed by atoms with E-state index in [0.29, 0.717) is 11.4 Å². The highest BCUT2D eigenvalue weighted by molar-refractivity contribution is 5.87. The van der Waals surface area contributed by atoms with Crippen LogP contribution in [0.5, 0.6) is 0 Å². The van der Waals surface area contributed by atoms with Crippen LogP contribution in [0.15, 0.2) is 65.2 Å². The second-order valence-corrected chi connectivity index (χ2v) is 5.05. The van der Waals surface area contributed by atoms with Gasteiger partial charge in [0.25, 0.3) is 5.89 Å². The summed E-state index contributed by atoms with van der Waals surface area (Å²) >= 11 is 0. The topological polar surface area (TPSA) is 89.0 Å². The van der Waals surface area contributed by atoms with E-state index in [2.05, 4.69) is 10.1 Å². The summed E-state index contributed by atoms with van der Waals surface area (Å²) < 4.78 is 10.1. The Morgan fingerprint density at radius 1 is 1.16 bits per heavy atom. The Morgan fingerprint density at radius 2 is 1.92 bits per heavy atom. The van der Waals surface area contributed by atoms with Crippen LogP contribution in [0, 0.1) is 11.3 Å². The van der Waals surface area contributed by atoms with Gasteiger partial charge in [-0.2, -0.15) is 10.2 Å². The highest BCUT2D eigenvalue weighted by atomic mass is 16.6. The van der Waals surface area contributed by atoms with Crippen molar-refractivity contribution in [3.63, 3.8) is 0 Å². The standard InChI is InChI=1S/C19H13N3O3/c20-12-15-8-6-14(7-9-15)10-11-18(23)24-13-17-21-19(22-25-17)16-4-2-1-3-5-16/h1-11H,13H2/b11-10+. The highest BCUT2D eigenvalue weighted by Gasteiger charge is 2.09. The third-order valence-electron chi connectivity index (χ3n) is 3.29. The van der Waals surface area contributed by atoms with Crippen molar-refractivity contribution in [2.45, 2.75) is 6.61 Å². The van der Waals surface area contributed by atoms with Crippen molar-refractivity contribution < 1.29 is 14.1 Å². The molecule has 0 aliphatic heterocycles. The smallest absolute Gasteiger partial charge is 0.331 e. The van der Waals surface area contributed by atoms with Crippen LogP contribution in [0.25, 0.3) is 17.5 Å². The quantitative estimate of drug-likeness (QED) is 0.526. The molecule has 1 aromatic heterocycles. The molecular formula is C19H13N3O3. The molecule has 6 heteroatoms. The maximum atomic E-state index is 11.7. The lowest BCUT2D eigenvalue weighted by Crippen LogP contribution is -2.00. The maximum absolute atomic E-state index is 11.7. The Hall–Kier alpha value is -3.72. The number of hydrogen-bond donors (Lipinski definition) is 0. The minimum Gasteiger partial charge on any atom is -0.452 e. The normalized spacial score (nSPS) is 10.5. The maximum Gasteiger partial charge on any atom is 0.331 e. The number of ether oxygens (including phenoxy) is 1. The number of carbonyl (C=O) groups is 1. The fourth-order valence-corrected chi connectivity index (χ4v) is 2.03. The SMILES string of the molecule is N#Cc1ccc(/C=C/C(=O)OCc2nc(-c3ccccc3)no2)cc1. The van der Waals surface area contributed by atoms with Crippen LogP contribution in [0.4, 0.5) is 0 Å². The van der Waals surface area contributed by atoms with Gasteiger partial charge in [0.15, 0.2) is 6.61 Å². The number of hydrogen-bond acceptors (Lipinski definition) is 6. The van der Waals surface area contributed by atoms with Crippen molar-refractivity contribution >= 4 is 12.0 Å². The van der Waals surface area contributed by atoms with Crippen LogP contribution in [0.1, 0.15) is 17.0 Å². The number of nitriles is 1. The molecule has 25 heavy (non-hydrogen) atoms. The van der Waals surface area contributed by atoms with E-state index < -0.39 is 5.97 Å². The summed E-state index contributed by atoms with van der Waals surface area (Å²) in [5.41, 5.74) is 2.18. The van der Waals surface area contributed by atoms with Crippen molar-refractivity contribution in [1.29, 1.82) is 5.26 Å². The molecular weight excluding hydrogens is 318 g/mol. The third-order valence-corrected chi connectivity index (χ3v) is 3.29. The lowest BCUT2D eigenvalue weighted by atomic mass is 10.1. The Bertz CT molecular complexity index is 923. The summed E-state index contributed by atoms with van der Waals surface area (Å²) in [4.78, 5) is 15.9. The zero-order valence-corrected chi connectivity index (χ0v) is 13.1. The van der Waals surface area contributed by atoms with Crippen molar-refractivity contribution in [3.8, 4) is 17.5 Å². The van der Waals surface area contributed by atoms with Crippen molar-refractivity contribution in [3.05, 3.63) is 77.7 Å². The monoisotopic (exact) mass is 331 g/mol. The lowest BCUT2D eigenvalue weighted by molar-refractivity contribution is -0.139. The molecule has 0 amide bonds. The van der Waals surface area contributed by atoms with Gasteiger partial charge in [-0.1, -0.05) is 47.6 Å². The second-order valence-electron chi connectivity index (χ2n) is 5.05. The molecule has 2 aromatic carbocycles. The van der Waals surface area contributed by atoms with Gasteiger partial charge in [-0.05, 0) is 23.8 Å². The average molecular weight is 331 g/mol. The first-order chi connectivity index (χ1) is 12.2. The van der Waals surface area contributed by atoms with Crippen LogP contribution >= 0.6 is 0 Å². The molecule has 0 atom stereocenters. The summed E-state index contributed by atoms with van der Waals surface area (Å²) in [6.07, 6.45) is 2.91. The van der Waals surface area contributed by atoms with Crippen LogP contribution in [0.2, 0.25) is 0 Å². The fraction of sp³-hybridized carbons (Fsp3) is 0.0526. The Kier molecular flexibility index (Phi) is 4.98. The molecule has 3 aromatic rings. The van der Waals surface area contributed by atoms with Gasteiger partial charge in [0, 0.05) is 11.6 Å². The van der Waals surface area contributed by atoms with Crippen molar-refractivity contribution in [2.75, 3.05) is 0 Å². The van der Waals surface area contributed by atoms with Gasteiger partial charge in [-0.25, -0.2) is 4.79 Å². The molecule has 0 saturated heterocycles. The first kappa shape index (κ1) is 16.1. The van der Waals surface area contributed by atoms with E-state index in [1.165, 1.54) is 6.08 Å². The summed E-state index contributed by atoms with van der Waals surface area (Å²) in [6.45, 7) is -0.101. The van der Waals surface area contributed by atoms with Gasteiger partial charge in [0.1, 0.15) is 0 Å². The van der Waals surface area contributed by atoms with E-state index in [1.807, 2.05) is 36.4 Å². The summed E-state index contributed by atoms with van der Waals surface area (Å²) in [5.74, 6) is 0.141. The molecule has 0 saturated carbocycles. The van der Waals surface area contributed by atoms with E-state index in [9.17, 15) is 4.79 Å². The van der Waals surface area contributed by atoms with Crippen molar-refractivity contribution in [2.24, 2.45) is 0 Å². The van der Waals surface area contributed by atoms with E-state index in [0.717, 1.165) is 11.1 Å². The lowest BCUT2D eigenvalue weighted by Gasteiger charge is -1.97. The zero-order valence-electron chi connectivity index (χ0n) is 13.1. The van der Waals surface area contributed by atoms with E-state index in [-0.39, 0.29) is 12.5 Å². The number of nitrogens with zero attached hydrogens (tertiary/aromatic N) is 3. The molecule has 0 aliphatic carbocycles. The second kappa shape index (κ2) is 7.70. The fourth-order valence-electron chi connectivity index (χ4n) is 2.03. The molecule has 3 rings (SSSR count). The molecule has 122 valence electrons. The molecule has 0 fully saturated rings. The molecule has 0 spiro atoms. The summed E-state index contributed by atoms with van der Waals surface area (Å²) in [6, 6.07) is 18.2.